The molecular formula is C17H17BrFN. The normalized spacial score (nSPS) is 21.6. The molecule has 1 nitrogen and oxygen atoms in total. The molecule has 0 aromatic heterocycles. The van der Waals surface area contributed by atoms with Crippen molar-refractivity contribution >= 4 is 15.9 Å². The first-order chi connectivity index (χ1) is 9.65. The summed E-state index contributed by atoms with van der Waals surface area (Å²) in [5, 5.41) is 0. The summed E-state index contributed by atoms with van der Waals surface area (Å²) in [6.07, 6.45) is 3.05. The highest BCUT2D eigenvalue weighted by Crippen LogP contribution is 2.35. The van der Waals surface area contributed by atoms with Crippen LogP contribution in [-0.2, 0) is 12.8 Å². The van der Waals surface area contributed by atoms with Gasteiger partial charge in [-0.3, -0.25) is 0 Å². The van der Waals surface area contributed by atoms with Crippen molar-refractivity contribution in [3.63, 3.8) is 0 Å². The highest BCUT2D eigenvalue weighted by atomic mass is 79.9. The van der Waals surface area contributed by atoms with Crippen LogP contribution in [0.3, 0.4) is 0 Å². The summed E-state index contributed by atoms with van der Waals surface area (Å²) in [5.74, 6) is 0.200. The number of benzene rings is 2. The minimum atomic E-state index is -0.209. The van der Waals surface area contributed by atoms with Crippen molar-refractivity contribution in [3.05, 3.63) is 69.4 Å². The molecule has 2 N–H and O–H groups in total. The molecule has 0 fully saturated rings. The minimum absolute atomic E-state index is 0.0666. The van der Waals surface area contributed by atoms with Gasteiger partial charge in [-0.2, -0.15) is 0 Å². The molecule has 2 aromatic rings. The van der Waals surface area contributed by atoms with Crippen LogP contribution >= 0.6 is 15.9 Å². The monoisotopic (exact) mass is 333 g/mol. The van der Waals surface area contributed by atoms with Crippen molar-refractivity contribution < 1.29 is 4.39 Å². The Labute approximate surface area is 127 Å². The Morgan fingerprint density at radius 1 is 1.20 bits per heavy atom. The van der Waals surface area contributed by atoms with E-state index in [-0.39, 0.29) is 11.9 Å². The Morgan fingerprint density at radius 3 is 2.80 bits per heavy atom. The summed E-state index contributed by atoms with van der Waals surface area (Å²) in [6, 6.07) is 13.4. The SMILES string of the molecule is NC1c2ccccc2CCC1Cc1ccc(F)cc1Br. The Bertz CT molecular complexity index is 626. The van der Waals surface area contributed by atoms with Gasteiger partial charge in [-0.15, -0.1) is 0 Å². The molecule has 3 rings (SSSR count). The fourth-order valence-electron chi connectivity index (χ4n) is 3.06. The van der Waals surface area contributed by atoms with Crippen LogP contribution in [-0.4, -0.2) is 0 Å². The summed E-state index contributed by atoms with van der Waals surface area (Å²) in [7, 11) is 0. The highest BCUT2D eigenvalue weighted by Gasteiger charge is 2.26. The molecule has 20 heavy (non-hydrogen) atoms. The Morgan fingerprint density at radius 2 is 2.00 bits per heavy atom. The molecular weight excluding hydrogens is 317 g/mol. The lowest BCUT2D eigenvalue weighted by atomic mass is 9.77. The lowest BCUT2D eigenvalue weighted by Crippen LogP contribution is -2.28. The van der Waals surface area contributed by atoms with Crippen LogP contribution in [0, 0.1) is 11.7 Å². The first-order valence-corrected chi connectivity index (χ1v) is 7.72. The number of hydrogen-bond acceptors (Lipinski definition) is 1. The van der Waals surface area contributed by atoms with E-state index in [4.69, 9.17) is 5.73 Å². The topological polar surface area (TPSA) is 26.0 Å². The molecule has 2 unspecified atom stereocenters. The summed E-state index contributed by atoms with van der Waals surface area (Å²) in [6.45, 7) is 0. The third-order valence-corrected chi connectivity index (χ3v) is 4.94. The molecule has 0 spiro atoms. The van der Waals surface area contributed by atoms with Crippen molar-refractivity contribution in [1.82, 2.24) is 0 Å². The Hall–Kier alpha value is -1.19. The van der Waals surface area contributed by atoms with E-state index in [2.05, 4.69) is 40.2 Å². The lowest BCUT2D eigenvalue weighted by molar-refractivity contribution is 0.376. The quantitative estimate of drug-likeness (QED) is 0.866. The summed E-state index contributed by atoms with van der Waals surface area (Å²) >= 11 is 3.44. The molecule has 0 radical (unpaired) electrons. The van der Waals surface area contributed by atoms with Crippen LogP contribution in [0.4, 0.5) is 4.39 Å². The zero-order chi connectivity index (χ0) is 14.1. The number of rotatable bonds is 2. The van der Waals surface area contributed by atoms with Crippen molar-refractivity contribution in [2.45, 2.75) is 25.3 Å². The molecule has 0 amide bonds. The van der Waals surface area contributed by atoms with Crippen molar-refractivity contribution in [2.75, 3.05) is 0 Å². The van der Waals surface area contributed by atoms with Crippen molar-refractivity contribution in [3.8, 4) is 0 Å². The standard InChI is InChI=1S/C17H17BrFN/c18-16-10-14(19)8-7-12(16)9-13-6-5-11-3-1-2-4-15(11)17(13)20/h1-4,7-8,10,13,17H,5-6,9,20H2. The Balaban J connectivity index is 1.83. The van der Waals surface area contributed by atoms with E-state index in [1.807, 2.05) is 6.07 Å². The van der Waals surface area contributed by atoms with Crippen LogP contribution in [0.2, 0.25) is 0 Å². The molecule has 0 aliphatic heterocycles. The summed E-state index contributed by atoms with van der Waals surface area (Å²) in [5.41, 5.74) is 10.2. The van der Waals surface area contributed by atoms with Crippen molar-refractivity contribution in [2.24, 2.45) is 11.7 Å². The first-order valence-electron chi connectivity index (χ1n) is 6.92. The number of nitrogens with two attached hydrogens (primary N) is 1. The average molecular weight is 334 g/mol. The van der Waals surface area contributed by atoms with Gasteiger partial charge < -0.3 is 5.73 Å². The largest absolute Gasteiger partial charge is 0.324 e. The van der Waals surface area contributed by atoms with Crippen LogP contribution in [0.25, 0.3) is 0 Å². The van der Waals surface area contributed by atoms with Gasteiger partial charge in [-0.05, 0) is 54.0 Å². The van der Waals surface area contributed by atoms with E-state index in [0.717, 1.165) is 29.3 Å². The molecule has 0 heterocycles. The minimum Gasteiger partial charge on any atom is -0.324 e. The first kappa shape index (κ1) is 13.8. The number of aryl methyl sites for hydroxylation is 1. The molecule has 0 saturated carbocycles. The number of fused-ring (bicyclic) bond motifs is 1. The lowest BCUT2D eigenvalue weighted by Gasteiger charge is -2.31. The predicted octanol–water partition coefficient (Wildman–Crippen LogP) is 4.39. The molecule has 104 valence electrons. The van der Waals surface area contributed by atoms with Gasteiger partial charge in [0.05, 0.1) is 0 Å². The van der Waals surface area contributed by atoms with Crippen molar-refractivity contribution in [1.29, 1.82) is 0 Å². The van der Waals surface area contributed by atoms with Crippen LogP contribution in [0.1, 0.15) is 29.2 Å². The second-order valence-electron chi connectivity index (χ2n) is 5.46. The highest BCUT2D eigenvalue weighted by molar-refractivity contribution is 9.10. The maximum absolute atomic E-state index is 13.1. The summed E-state index contributed by atoms with van der Waals surface area (Å²) < 4.78 is 14.0. The number of hydrogen-bond donors (Lipinski definition) is 1. The van der Waals surface area contributed by atoms with E-state index in [9.17, 15) is 4.39 Å². The van der Waals surface area contributed by atoms with E-state index in [1.165, 1.54) is 23.3 Å². The van der Waals surface area contributed by atoms with Crippen LogP contribution in [0.5, 0.6) is 0 Å². The second kappa shape index (κ2) is 5.66. The smallest absolute Gasteiger partial charge is 0.124 e. The second-order valence-corrected chi connectivity index (χ2v) is 6.32. The zero-order valence-corrected chi connectivity index (χ0v) is 12.7. The van der Waals surface area contributed by atoms with E-state index >= 15 is 0 Å². The van der Waals surface area contributed by atoms with Gasteiger partial charge in [0.15, 0.2) is 0 Å². The van der Waals surface area contributed by atoms with Gasteiger partial charge in [0, 0.05) is 10.5 Å². The molecule has 2 aromatic carbocycles. The molecule has 3 heteroatoms. The van der Waals surface area contributed by atoms with Gasteiger partial charge in [-0.1, -0.05) is 46.3 Å². The number of halogens is 2. The van der Waals surface area contributed by atoms with E-state index in [0.29, 0.717) is 5.92 Å². The maximum Gasteiger partial charge on any atom is 0.124 e. The van der Waals surface area contributed by atoms with Gasteiger partial charge in [0.25, 0.3) is 0 Å². The molecule has 0 saturated heterocycles. The van der Waals surface area contributed by atoms with E-state index < -0.39 is 0 Å². The van der Waals surface area contributed by atoms with Crippen LogP contribution in [0.15, 0.2) is 46.9 Å². The average Bonchev–Trinajstić information content (AvgIpc) is 2.45. The van der Waals surface area contributed by atoms with E-state index in [1.54, 1.807) is 0 Å². The van der Waals surface area contributed by atoms with Crippen LogP contribution < -0.4 is 5.73 Å². The molecule has 0 bridgehead atoms. The fraction of sp³-hybridized carbons (Fsp3) is 0.294. The van der Waals surface area contributed by atoms with Gasteiger partial charge in [0.2, 0.25) is 0 Å². The summed E-state index contributed by atoms with van der Waals surface area (Å²) in [4.78, 5) is 0. The Kier molecular flexibility index (Phi) is 3.90. The molecule has 1 aliphatic carbocycles. The van der Waals surface area contributed by atoms with Gasteiger partial charge in [-0.25, -0.2) is 4.39 Å². The molecule has 2 atom stereocenters. The predicted molar refractivity (Wildman–Crippen MR) is 83.0 cm³/mol. The molecule has 1 aliphatic rings. The van der Waals surface area contributed by atoms with Gasteiger partial charge >= 0.3 is 0 Å². The third kappa shape index (κ3) is 2.65. The third-order valence-electron chi connectivity index (χ3n) is 4.20. The zero-order valence-electron chi connectivity index (χ0n) is 11.2. The maximum atomic E-state index is 13.1. The fourth-order valence-corrected chi connectivity index (χ4v) is 3.57. The van der Waals surface area contributed by atoms with Gasteiger partial charge in [0.1, 0.15) is 5.82 Å².